The van der Waals surface area contributed by atoms with Crippen LogP contribution in [-0.4, -0.2) is 26.0 Å². The minimum absolute atomic E-state index is 0.0487. The lowest BCUT2D eigenvalue weighted by molar-refractivity contribution is -0.116. The van der Waals surface area contributed by atoms with E-state index in [1.54, 1.807) is 0 Å². The van der Waals surface area contributed by atoms with Gasteiger partial charge in [-0.25, -0.2) is 4.68 Å². The summed E-state index contributed by atoms with van der Waals surface area (Å²) >= 11 is 1.45. The van der Waals surface area contributed by atoms with Crippen molar-refractivity contribution in [3.05, 3.63) is 71.0 Å². The molecule has 0 fully saturated rings. The maximum atomic E-state index is 13.3. The molecule has 0 bridgehead atoms. The van der Waals surface area contributed by atoms with Crippen LogP contribution in [0.4, 0.5) is 5.69 Å². The molecule has 2 N–H and O–H groups in total. The van der Waals surface area contributed by atoms with Crippen LogP contribution in [0.25, 0.3) is 0 Å². The van der Waals surface area contributed by atoms with E-state index in [4.69, 9.17) is 0 Å². The van der Waals surface area contributed by atoms with Crippen molar-refractivity contribution in [3.63, 3.8) is 0 Å². The second kappa shape index (κ2) is 7.67. The third-order valence-corrected chi connectivity index (χ3v) is 6.31. The van der Waals surface area contributed by atoms with Crippen LogP contribution in [0, 0.1) is 13.8 Å². The van der Waals surface area contributed by atoms with E-state index in [0.717, 1.165) is 34.6 Å². The molecule has 0 spiro atoms. The molecule has 7 heteroatoms. The van der Waals surface area contributed by atoms with Gasteiger partial charge in [0.05, 0.1) is 6.04 Å². The second-order valence-electron chi connectivity index (χ2n) is 6.88. The number of nitrogens with zero attached hydrogens (tertiary/aromatic N) is 3. The maximum Gasteiger partial charge on any atom is 0.240 e. The summed E-state index contributed by atoms with van der Waals surface area (Å²) < 4.78 is 1.91. The Morgan fingerprint density at radius 2 is 1.93 bits per heavy atom. The number of aromatic nitrogens is 3. The van der Waals surface area contributed by atoms with Gasteiger partial charge in [-0.15, -0.1) is 10.2 Å². The van der Waals surface area contributed by atoms with Crippen LogP contribution in [0.1, 0.15) is 35.5 Å². The van der Waals surface area contributed by atoms with E-state index in [1.165, 1.54) is 11.8 Å². The Hall–Kier alpha value is -2.80. The van der Waals surface area contributed by atoms with Crippen molar-refractivity contribution in [1.29, 1.82) is 0 Å². The first kappa shape index (κ1) is 18.6. The molecule has 2 aromatic carbocycles. The van der Waals surface area contributed by atoms with Crippen LogP contribution in [0.2, 0.25) is 0 Å². The molecule has 144 valence electrons. The molecular weight excluding hydrogens is 370 g/mol. The van der Waals surface area contributed by atoms with E-state index < -0.39 is 0 Å². The first-order valence-corrected chi connectivity index (χ1v) is 10.3. The number of aryl methyl sites for hydroxylation is 2. The molecule has 4 rings (SSSR count). The highest BCUT2D eigenvalue weighted by Gasteiger charge is 2.37. The molecule has 0 saturated heterocycles. The number of amides is 1. The predicted molar refractivity (Wildman–Crippen MR) is 112 cm³/mol. The molecule has 2 atom stereocenters. The van der Waals surface area contributed by atoms with Crippen LogP contribution in [0.3, 0.4) is 0 Å². The van der Waals surface area contributed by atoms with Crippen molar-refractivity contribution in [2.75, 3.05) is 10.7 Å². The van der Waals surface area contributed by atoms with Gasteiger partial charge in [0.15, 0.2) is 5.82 Å². The Kier molecular flexibility index (Phi) is 5.09. The van der Waals surface area contributed by atoms with E-state index in [1.807, 2.05) is 74.0 Å². The molecular formula is C21H23N5OS. The Morgan fingerprint density at radius 1 is 1.14 bits per heavy atom. The molecule has 0 unspecified atom stereocenters. The van der Waals surface area contributed by atoms with Crippen molar-refractivity contribution in [2.24, 2.45) is 0 Å². The molecule has 0 saturated carbocycles. The maximum absolute atomic E-state index is 13.3. The number of carbonyl (C=O) groups excluding carboxylic acids is 1. The number of hydrogen-bond acceptors (Lipinski definition) is 5. The first-order valence-electron chi connectivity index (χ1n) is 9.38. The minimum atomic E-state index is -0.372. The molecule has 1 aliphatic rings. The number of fused-ring (bicyclic) bond motifs is 1. The van der Waals surface area contributed by atoms with E-state index in [0.29, 0.717) is 5.16 Å². The number of anilines is 1. The van der Waals surface area contributed by atoms with Gasteiger partial charge in [-0.2, -0.15) is 0 Å². The van der Waals surface area contributed by atoms with Crippen LogP contribution >= 0.6 is 11.8 Å². The van der Waals surface area contributed by atoms with E-state index in [-0.39, 0.29) is 17.2 Å². The largest absolute Gasteiger partial charge is 0.325 e. The Balaban J connectivity index is 1.68. The molecule has 1 aliphatic heterocycles. The van der Waals surface area contributed by atoms with Crippen LogP contribution in [0.5, 0.6) is 0 Å². The van der Waals surface area contributed by atoms with Gasteiger partial charge in [-0.05, 0) is 36.6 Å². The zero-order valence-electron chi connectivity index (χ0n) is 16.1. The molecule has 3 aromatic rings. The van der Waals surface area contributed by atoms with Crippen molar-refractivity contribution in [1.82, 2.24) is 14.9 Å². The SMILES string of the molecule is CCc1nnc2n1N[C@H](c1ccccc1)[C@H](C(=O)Nc1cccc(C)c1C)S2. The summed E-state index contributed by atoms with van der Waals surface area (Å²) in [6, 6.07) is 15.8. The van der Waals surface area contributed by atoms with Gasteiger partial charge >= 0.3 is 0 Å². The fourth-order valence-corrected chi connectivity index (χ4v) is 4.43. The standard InChI is InChI=1S/C21H23N5OS/c1-4-17-23-24-21-26(17)25-18(15-10-6-5-7-11-15)19(28-21)20(27)22-16-12-8-9-13(2)14(16)3/h5-12,18-19,25H,4H2,1-3H3,(H,22,27)/t18-,19-/m1/s1. The van der Waals surface area contributed by atoms with Crippen molar-refractivity contribution in [3.8, 4) is 0 Å². The second-order valence-corrected chi connectivity index (χ2v) is 7.99. The first-order chi connectivity index (χ1) is 13.6. The molecule has 0 aliphatic carbocycles. The number of benzene rings is 2. The van der Waals surface area contributed by atoms with Gasteiger partial charge in [0.2, 0.25) is 11.1 Å². The Labute approximate surface area is 168 Å². The number of nitrogens with one attached hydrogen (secondary N) is 2. The summed E-state index contributed by atoms with van der Waals surface area (Å²) in [7, 11) is 0. The Morgan fingerprint density at radius 3 is 2.68 bits per heavy atom. The Bertz CT molecular complexity index is 1000. The molecule has 28 heavy (non-hydrogen) atoms. The van der Waals surface area contributed by atoms with Crippen molar-refractivity contribution < 1.29 is 4.79 Å². The highest BCUT2D eigenvalue weighted by atomic mass is 32.2. The lowest BCUT2D eigenvalue weighted by Gasteiger charge is -2.33. The average Bonchev–Trinajstić information content (AvgIpc) is 3.13. The fourth-order valence-electron chi connectivity index (χ4n) is 3.33. The van der Waals surface area contributed by atoms with Gasteiger partial charge in [-0.1, -0.05) is 61.2 Å². The van der Waals surface area contributed by atoms with Crippen LogP contribution in [-0.2, 0) is 11.2 Å². The highest BCUT2D eigenvalue weighted by Crippen LogP contribution is 2.37. The van der Waals surface area contributed by atoms with Gasteiger partial charge in [0.1, 0.15) is 5.25 Å². The number of rotatable bonds is 4. The van der Waals surface area contributed by atoms with Gasteiger partial charge in [0, 0.05) is 12.1 Å². The summed E-state index contributed by atoms with van der Waals surface area (Å²) in [6.07, 6.45) is 0.765. The number of thioether (sulfide) groups is 1. The third kappa shape index (κ3) is 3.38. The zero-order chi connectivity index (χ0) is 19.7. The normalized spacial score (nSPS) is 18.2. The van der Waals surface area contributed by atoms with Crippen LogP contribution in [0.15, 0.2) is 53.7 Å². The third-order valence-electron chi connectivity index (χ3n) is 5.10. The smallest absolute Gasteiger partial charge is 0.240 e. The summed E-state index contributed by atoms with van der Waals surface area (Å²) in [5.41, 5.74) is 7.60. The van der Waals surface area contributed by atoms with Gasteiger partial charge in [0.25, 0.3) is 0 Å². The summed E-state index contributed by atoms with van der Waals surface area (Å²) in [6.45, 7) is 6.11. The molecule has 1 aromatic heterocycles. The lowest BCUT2D eigenvalue weighted by atomic mass is 10.0. The number of hydrogen-bond donors (Lipinski definition) is 2. The van der Waals surface area contributed by atoms with E-state index in [9.17, 15) is 4.79 Å². The van der Waals surface area contributed by atoms with Crippen molar-refractivity contribution >= 4 is 23.4 Å². The fraction of sp³-hybridized carbons (Fsp3) is 0.286. The summed E-state index contributed by atoms with van der Waals surface area (Å²) in [4.78, 5) is 13.3. The average molecular weight is 394 g/mol. The van der Waals surface area contributed by atoms with Crippen LogP contribution < -0.4 is 10.7 Å². The summed E-state index contributed by atoms with van der Waals surface area (Å²) in [5, 5.41) is 12.0. The predicted octanol–water partition coefficient (Wildman–Crippen LogP) is 3.86. The molecule has 0 radical (unpaired) electrons. The topological polar surface area (TPSA) is 71.8 Å². The minimum Gasteiger partial charge on any atom is -0.325 e. The lowest BCUT2D eigenvalue weighted by Crippen LogP contribution is -2.41. The van der Waals surface area contributed by atoms with Crippen molar-refractivity contribution in [2.45, 2.75) is 43.6 Å². The molecule has 1 amide bonds. The molecule has 6 nitrogen and oxygen atoms in total. The number of carbonyl (C=O) groups is 1. The van der Waals surface area contributed by atoms with Gasteiger partial charge in [-0.3, -0.25) is 4.79 Å². The van der Waals surface area contributed by atoms with Gasteiger partial charge < -0.3 is 10.7 Å². The highest BCUT2D eigenvalue weighted by molar-refractivity contribution is 8.00. The quantitative estimate of drug-likeness (QED) is 0.704. The van der Waals surface area contributed by atoms with E-state index >= 15 is 0 Å². The van der Waals surface area contributed by atoms with E-state index in [2.05, 4.69) is 20.9 Å². The zero-order valence-corrected chi connectivity index (χ0v) is 17.0. The monoisotopic (exact) mass is 393 g/mol. The summed E-state index contributed by atoms with van der Waals surface area (Å²) in [5.74, 6) is 0.809. The molecule has 2 heterocycles.